The fourth-order valence-corrected chi connectivity index (χ4v) is 3.95. The Morgan fingerprint density at radius 3 is 2.67 bits per heavy atom. The molecule has 1 aromatic rings. The summed E-state index contributed by atoms with van der Waals surface area (Å²) in [5.41, 5.74) is 0. The second-order valence-corrected chi connectivity index (χ2v) is 8.08. The van der Waals surface area contributed by atoms with Crippen LogP contribution in [0.5, 0.6) is 0 Å². The zero-order chi connectivity index (χ0) is 13.8. The quantitative estimate of drug-likeness (QED) is 0.714. The summed E-state index contributed by atoms with van der Waals surface area (Å²) >= 11 is 0.702. The highest BCUT2D eigenvalue weighted by Crippen LogP contribution is 2.21. The average Bonchev–Trinajstić information content (AvgIpc) is 2.74. The van der Waals surface area contributed by atoms with E-state index in [0.717, 1.165) is 0 Å². The zero-order valence-electron chi connectivity index (χ0n) is 9.58. The van der Waals surface area contributed by atoms with Gasteiger partial charge < -0.3 is 5.11 Å². The van der Waals surface area contributed by atoms with Gasteiger partial charge in [0.25, 0.3) is 0 Å². The monoisotopic (exact) mass is 311 g/mol. The van der Waals surface area contributed by atoms with Crippen LogP contribution in [0.4, 0.5) is 0 Å². The Labute approximate surface area is 112 Å². The Kier molecular flexibility index (Phi) is 5.45. The third-order valence-corrected chi connectivity index (χ3v) is 5.85. The number of hydrogen-bond acceptors (Lipinski definition) is 5. The molecule has 0 saturated heterocycles. The molecule has 6 nitrogen and oxygen atoms in total. The van der Waals surface area contributed by atoms with Gasteiger partial charge >= 0.3 is 5.97 Å². The van der Waals surface area contributed by atoms with E-state index in [9.17, 15) is 17.4 Å². The lowest BCUT2D eigenvalue weighted by molar-refractivity contribution is 0.0702. The Hall–Kier alpha value is -0.770. The maximum Gasteiger partial charge on any atom is 0.345 e. The Morgan fingerprint density at radius 2 is 2.17 bits per heavy atom. The van der Waals surface area contributed by atoms with Gasteiger partial charge in [0.05, 0.1) is 0 Å². The van der Waals surface area contributed by atoms with Crippen LogP contribution in [0.1, 0.15) is 16.1 Å². The van der Waals surface area contributed by atoms with Gasteiger partial charge in [-0.2, -0.15) is 0 Å². The number of sulfonamides is 1. The van der Waals surface area contributed by atoms with Gasteiger partial charge in [-0.15, -0.1) is 11.3 Å². The highest BCUT2D eigenvalue weighted by atomic mass is 32.2. The minimum absolute atomic E-state index is 0.0231. The average molecular weight is 311 g/mol. The molecule has 0 radical (unpaired) electrons. The lowest BCUT2D eigenvalue weighted by atomic mass is 10.5. The van der Waals surface area contributed by atoms with E-state index in [1.807, 2.05) is 0 Å². The van der Waals surface area contributed by atoms with E-state index in [4.69, 9.17) is 5.11 Å². The molecule has 0 aromatic carbocycles. The number of nitrogens with one attached hydrogen (secondary N) is 1. The van der Waals surface area contributed by atoms with Crippen LogP contribution in [0.25, 0.3) is 0 Å². The number of thiophene rings is 1. The van der Waals surface area contributed by atoms with Crippen molar-refractivity contribution >= 4 is 38.1 Å². The second-order valence-electron chi connectivity index (χ2n) is 3.45. The summed E-state index contributed by atoms with van der Waals surface area (Å²) in [5, 5.41) is 8.70. The van der Waals surface area contributed by atoms with Crippen molar-refractivity contribution in [1.29, 1.82) is 0 Å². The first kappa shape index (κ1) is 15.3. The van der Waals surface area contributed by atoms with Crippen LogP contribution in [0.15, 0.2) is 16.3 Å². The number of carbonyl (C=O) groups is 1. The van der Waals surface area contributed by atoms with Crippen LogP contribution in [0.3, 0.4) is 0 Å². The first-order valence-corrected chi connectivity index (χ1v) is 8.98. The maximum absolute atomic E-state index is 11.7. The molecule has 18 heavy (non-hydrogen) atoms. The molecule has 1 aromatic heterocycles. The normalized spacial score (nSPS) is 13.4. The predicted octanol–water partition coefficient (Wildman–Crippen LogP) is 0.493. The minimum atomic E-state index is -3.66. The van der Waals surface area contributed by atoms with Gasteiger partial charge in [-0.05, 0) is 18.6 Å². The molecule has 102 valence electrons. The highest BCUT2D eigenvalue weighted by molar-refractivity contribution is 7.91. The molecule has 0 saturated carbocycles. The van der Waals surface area contributed by atoms with Crippen molar-refractivity contribution in [3.05, 3.63) is 17.0 Å². The van der Waals surface area contributed by atoms with Crippen molar-refractivity contribution in [2.45, 2.75) is 10.6 Å². The first-order chi connectivity index (χ1) is 8.33. The van der Waals surface area contributed by atoms with Crippen LogP contribution in [0.2, 0.25) is 0 Å². The maximum atomic E-state index is 11.7. The summed E-state index contributed by atoms with van der Waals surface area (Å²) in [6, 6.07) is 2.51. The summed E-state index contributed by atoms with van der Waals surface area (Å²) in [4.78, 5) is 10.6. The number of carboxylic acid groups (broad SMARTS) is 1. The molecule has 0 fully saturated rings. The molecule has 1 atom stereocenters. The third kappa shape index (κ3) is 4.48. The van der Waals surface area contributed by atoms with Gasteiger partial charge in [0, 0.05) is 29.4 Å². The molecule has 0 amide bonds. The van der Waals surface area contributed by atoms with Gasteiger partial charge in [-0.3, -0.25) is 4.21 Å². The van der Waals surface area contributed by atoms with Gasteiger partial charge in [0.2, 0.25) is 10.0 Å². The van der Waals surface area contributed by atoms with E-state index >= 15 is 0 Å². The molecule has 0 aliphatic heterocycles. The molecule has 0 bridgehead atoms. The topological polar surface area (TPSA) is 101 Å². The fourth-order valence-electron chi connectivity index (χ4n) is 1.13. The molecule has 2 N–H and O–H groups in total. The van der Waals surface area contributed by atoms with Gasteiger partial charge in [-0.25, -0.2) is 17.9 Å². The van der Waals surface area contributed by atoms with Crippen molar-refractivity contribution < 1.29 is 22.5 Å². The van der Waals surface area contributed by atoms with Crippen LogP contribution in [-0.4, -0.2) is 42.3 Å². The summed E-state index contributed by atoms with van der Waals surface area (Å²) < 4.78 is 36.6. The Morgan fingerprint density at radius 1 is 1.50 bits per heavy atom. The number of hydrogen-bond donors (Lipinski definition) is 2. The molecule has 1 heterocycles. The molecule has 1 unspecified atom stereocenters. The van der Waals surface area contributed by atoms with E-state index in [1.165, 1.54) is 12.1 Å². The first-order valence-electron chi connectivity index (χ1n) is 4.96. The van der Waals surface area contributed by atoms with E-state index in [-0.39, 0.29) is 15.6 Å². The second kappa shape index (κ2) is 6.41. The van der Waals surface area contributed by atoms with Gasteiger partial charge in [0.15, 0.2) is 0 Å². The third-order valence-electron chi connectivity index (χ3n) is 1.96. The summed E-state index contributed by atoms with van der Waals surface area (Å²) in [6.07, 6.45) is 2.02. The van der Waals surface area contributed by atoms with Crippen LogP contribution in [-0.2, 0) is 20.8 Å². The van der Waals surface area contributed by atoms with E-state index in [2.05, 4.69) is 4.72 Å². The van der Waals surface area contributed by atoms with Crippen molar-refractivity contribution in [1.82, 2.24) is 4.72 Å². The highest BCUT2D eigenvalue weighted by Gasteiger charge is 2.18. The fraction of sp³-hybridized carbons (Fsp3) is 0.444. The summed E-state index contributed by atoms with van der Waals surface area (Å²) in [6.45, 7) is 0.183. The lowest BCUT2D eigenvalue weighted by Gasteiger charge is -2.03. The molecular formula is C9H13NO5S3. The van der Waals surface area contributed by atoms with Gasteiger partial charge in [-0.1, -0.05) is 0 Å². The Balaban J connectivity index is 2.62. The molecule has 0 aliphatic rings. The lowest BCUT2D eigenvalue weighted by Crippen LogP contribution is -2.24. The molecule has 0 spiro atoms. The van der Waals surface area contributed by atoms with E-state index in [1.54, 1.807) is 6.26 Å². The molecule has 0 aliphatic carbocycles. The zero-order valence-corrected chi connectivity index (χ0v) is 12.0. The minimum Gasteiger partial charge on any atom is -0.477 e. The van der Waals surface area contributed by atoms with Crippen LogP contribution < -0.4 is 4.72 Å². The van der Waals surface area contributed by atoms with Gasteiger partial charge in [0.1, 0.15) is 9.09 Å². The predicted molar refractivity (Wildman–Crippen MR) is 70.0 cm³/mol. The van der Waals surface area contributed by atoms with E-state index in [0.29, 0.717) is 23.5 Å². The van der Waals surface area contributed by atoms with Crippen molar-refractivity contribution in [2.24, 2.45) is 0 Å². The summed E-state index contributed by atoms with van der Waals surface area (Å²) in [5.74, 6) is -0.726. The van der Waals surface area contributed by atoms with E-state index < -0.39 is 26.8 Å². The number of rotatable bonds is 7. The standard InChI is InChI=1S/C9H13NO5S3/c1-17(13)6-2-5-10-18(14,15)8-4-3-7(16-8)9(11)12/h3-4,10H,2,5-6H2,1H3,(H,11,12). The van der Waals surface area contributed by atoms with Crippen molar-refractivity contribution in [3.63, 3.8) is 0 Å². The summed E-state index contributed by atoms with van der Waals surface area (Å²) in [7, 11) is -4.62. The number of aromatic carboxylic acids is 1. The van der Waals surface area contributed by atoms with Crippen molar-refractivity contribution in [3.8, 4) is 0 Å². The Bertz CT molecular complexity index is 548. The van der Waals surface area contributed by atoms with Crippen molar-refractivity contribution in [2.75, 3.05) is 18.6 Å². The number of carboxylic acids is 1. The molecule has 1 rings (SSSR count). The van der Waals surface area contributed by atoms with Crippen LogP contribution >= 0.6 is 11.3 Å². The smallest absolute Gasteiger partial charge is 0.345 e. The molecule has 9 heteroatoms. The SMILES string of the molecule is CS(=O)CCCNS(=O)(=O)c1ccc(C(=O)O)s1. The molecular weight excluding hydrogens is 298 g/mol. The van der Waals surface area contributed by atoms with Crippen LogP contribution in [0, 0.1) is 0 Å². The largest absolute Gasteiger partial charge is 0.477 e.